The minimum Gasteiger partial charge on any atom is -0.486 e. The van der Waals surface area contributed by atoms with Crippen LogP contribution in [0.3, 0.4) is 0 Å². The Balaban J connectivity index is 1.87. The average molecular weight is 248 g/mol. The van der Waals surface area contributed by atoms with Crippen LogP contribution in [0.15, 0.2) is 12.1 Å². The van der Waals surface area contributed by atoms with Gasteiger partial charge in [0.15, 0.2) is 11.5 Å². The standard InChI is InChI=1S/C15H20O3/c1-10-8-14-15(18-7-6-17-14)9-13(10)11-2-4-12(16)5-3-11/h8-9,11-12,16H,2-7H2,1H3. The van der Waals surface area contributed by atoms with E-state index in [0.29, 0.717) is 19.1 Å². The van der Waals surface area contributed by atoms with Crippen LogP contribution in [0.2, 0.25) is 0 Å². The van der Waals surface area contributed by atoms with Crippen LogP contribution >= 0.6 is 0 Å². The number of aliphatic hydroxyl groups excluding tert-OH is 1. The van der Waals surface area contributed by atoms with Crippen LogP contribution in [0.5, 0.6) is 11.5 Å². The van der Waals surface area contributed by atoms with Crippen molar-refractivity contribution in [3.63, 3.8) is 0 Å². The molecule has 1 aliphatic carbocycles. The summed E-state index contributed by atoms with van der Waals surface area (Å²) in [5.74, 6) is 2.32. The molecular weight excluding hydrogens is 228 g/mol. The summed E-state index contributed by atoms with van der Waals surface area (Å²) in [5.41, 5.74) is 2.65. The van der Waals surface area contributed by atoms with Crippen LogP contribution in [0.25, 0.3) is 0 Å². The summed E-state index contributed by atoms with van der Waals surface area (Å²) in [6, 6.07) is 4.24. The van der Waals surface area contributed by atoms with Gasteiger partial charge >= 0.3 is 0 Å². The van der Waals surface area contributed by atoms with Gasteiger partial charge in [0.2, 0.25) is 0 Å². The van der Waals surface area contributed by atoms with Gasteiger partial charge in [-0.15, -0.1) is 0 Å². The Morgan fingerprint density at radius 3 is 2.28 bits per heavy atom. The van der Waals surface area contributed by atoms with Crippen LogP contribution in [0, 0.1) is 6.92 Å². The number of aryl methyl sites for hydroxylation is 1. The Morgan fingerprint density at radius 1 is 1.00 bits per heavy atom. The lowest BCUT2D eigenvalue weighted by atomic mass is 9.81. The molecule has 1 heterocycles. The van der Waals surface area contributed by atoms with Gasteiger partial charge in [0.1, 0.15) is 13.2 Å². The van der Waals surface area contributed by atoms with E-state index < -0.39 is 0 Å². The molecule has 0 unspecified atom stereocenters. The van der Waals surface area contributed by atoms with Crippen LogP contribution in [-0.4, -0.2) is 24.4 Å². The summed E-state index contributed by atoms with van der Waals surface area (Å²) in [6.07, 6.45) is 3.87. The zero-order valence-electron chi connectivity index (χ0n) is 10.8. The second-order valence-corrected chi connectivity index (χ2v) is 5.36. The molecule has 3 heteroatoms. The molecule has 0 radical (unpaired) electrons. The minimum atomic E-state index is -0.0984. The third-order valence-electron chi connectivity index (χ3n) is 4.07. The number of aliphatic hydroxyl groups is 1. The summed E-state index contributed by atoms with van der Waals surface area (Å²) in [6.45, 7) is 3.42. The monoisotopic (exact) mass is 248 g/mol. The molecule has 0 amide bonds. The van der Waals surface area contributed by atoms with Crippen molar-refractivity contribution in [1.29, 1.82) is 0 Å². The van der Waals surface area contributed by atoms with E-state index in [0.717, 1.165) is 37.2 Å². The molecule has 3 nitrogen and oxygen atoms in total. The largest absolute Gasteiger partial charge is 0.486 e. The van der Waals surface area contributed by atoms with Gasteiger partial charge in [-0.25, -0.2) is 0 Å². The molecule has 0 aromatic heterocycles. The highest BCUT2D eigenvalue weighted by Gasteiger charge is 2.24. The smallest absolute Gasteiger partial charge is 0.161 e. The molecular formula is C15H20O3. The zero-order chi connectivity index (χ0) is 12.5. The van der Waals surface area contributed by atoms with Crippen molar-refractivity contribution in [1.82, 2.24) is 0 Å². The molecule has 1 saturated carbocycles. The lowest BCUT2D eigenvalue weighted by Crippen LogP contribution is -2.19. The first kappa shape index (κ1) is 11.8. The van der Waals surface area contributed by atoms with E-state index >= 15 is 0 Å². The van der Waals surface area contributed by atoms with Gasteiger partial charge in [-0.3, -0.25) is 0 Å². The SMILES string of the molecule is Cc1cc2c(cc1C1CCC(O)CC1)OCCO2. The summed E-state index contributed by atoms with van der Waals surface area (Å²) in [5, 5.41) is 9.59. The first-order valence-electron chi connectivity index (χ1n) is 6.82. The van der Waals surface area contributed by atoms with Crippen LogP contribution in [0.4, 0.5) is 0 Å². The quantitative estimate of drug-likeness (QED) is 0.830. The van der Waals surface area contributed by atoms with E-state index in [1.54, 1.807) is 0 Å². The van der Waals surface area contributed by atoms with Crippen molar-refractivity contribution in [3.05, 3.63) is 23.3 Å². The van der Waals surface area contributed by atoms with Gasteiger partial charge in [0.05, 0.1) is 6.10 Å². The maximum absolute atomic E-state index is 9.59. The number of fused-ring (bicyclic) bond motifs is 1. The Morgan fingerprint density at radius 2 is 1.61 bits per heavy atom. The topological polar surface area (TPSA) is 38.7 Å². The highest BCUT2D eigenvalue weighted by molar-refractivity contribution is 5.49. The molecule has 0 spiro atoms. The molecule has 1 aliphatic heterocycles. The van der Waals surface area contributed by atoms with Crippen molar-refractivity contribution >= 4 is 0 Å². The van der Waals surface area contributed by atoms with E-state index in [-0.39, 0.29) is 6.10 Å². The molecule has 2 aliphatic rings. The first-order valence-corrected chi connectivity index (χ1v) is 6.82. The van der Waals surface area contributed by atoms with Crippen LogP contribution in [0.1, 0.15) is 42.7 Å². The van der Waals surface area contributed by atoms with Crippen LogP contribution in [-0.2, 0) is 0 Å². The van der Waals surface area contributed by atoms with Crippen molar-refractivity contribution in [2.75, 3.05) is 13.2 Å². The summed E-state index contributed by atoms with van der Waals surface area (Å²) in [4.78, 5) is 0. The fourth-order valence-electron chi connectivity index (χ4n) is 3.03. The van der Waals surface area contributed by atoms with Gasteiger partial charge < -0.3 is 14.6 Å². The number of ether oxygens (including phenoxy) is 2. The average Bonchev–Trinajstić information content (AvgIpc) is 2.39. The Kier molecular flexibility index (Phi) is 3.16. The molecule has 1 N–H and O–H groups in total. The summed E-state index contributed by atoms with van der Waals surface area (Å²) < 4.78 is 11.3. The summed E-state index contributed by atoms with van der Waals surface area (Å²) >= 11 is 0. The van der Waals surface area contributed by atoms with Gasteiger partial charge in [-0.2, -0.15) is 0 Å². The van der Waals surface area contributed by atoms with Crippen LogP contribution < -0.4 is 9.47 Å². The number of hydrogen-bond donors (Lipinski definition) is 1. The molecule has 0 atom stereocenters. The molecule has 3 rings (SSSR count). The van der Waals surface area contributed by atoms with E-state index in [1.807, 2.05) is 0 Å². The normalized spacial score (nSPS) is 27.0. The lowest BCUT2D eigenvalue weighted by Gasteiger charge is -2.28. The van der Waals surface area contributed by atoms with Gasteiger partial charge in [-0.05, 0) is 61.8 Å². The third-order valence-corrected chi connectivity index (χ3v) is 4.07. The van der Waals surface area contributed by atoms with E-state index in [9.17, 15) is 5.11 Å². The predicted molar refractivity (Wildman–Crippen MR) is 69.4 cm³/mol. The molecule has 18 heavy (non-hydrogen) atoms. The molecule has 0 saturated heterocycles. The second kappa shape index (κ2) is 4.81. The molecule has 1 fully saturated rings. The number of benzene rings is 1. The Bertz CT molecular complexity index is 434. The maximum atomic E-state index is 9.59. The lowest BCUT2D eigenvalue weighted by molar-refractivity contribution is 0.122. The van der Waals surface area contributed by atoms with Crippen molar-refractivity contribution in [2.45, 2.75) is 44.6 Å². The molecule has 98 valence electrons. The van der Waals surface area contributed by atoms with Crippen molar-refractivity contribution < 1.29 is 14.6 Å². The van der Waals surface area contributed by atoms with Gasteiger partial charge in [-0.1, -0.05) is 0 Å². The fourth-order valence-corrected chi connectivity index (χ4v) is 3.03. The van der Waals surface area contributed by atoms with Gasteiger partial charge in [0, 0.05) is 0 Å². The van der Waals surface area contributed by atoms with Crippen molar-refractivity contribution in [3.8, 4) is 11.5 Å². The predicted octanol–water partition coefficient (Wildman–Crippen LogP) is 2.78. The van der Waals surface area contributed by atoms with E-state index in [2.05, 4.69) is 19.1 Å². The molecule has 0 bridgehead atoms. The fraction of sp³-hybridized carbons (Fsp3) is 0.600. The minimum absolute atomic E-state index is 0.0984. The maximum Gasteiger partial charge on any atom is 0.161 e. The first-order chi connectivity index (χ1) is 8.74. The van der Waals surface area contributed by atoms with Crippen molar-refractivity contribution in [2.24, 2.45) is 0 Å². The van der Waals surface area contributed by atoms with E-state index in [1.165, 1.54) is 11.1 Å². The Labute approximate surface area is 108 Å². The molecule has 1 aromatic carbocycles. The second-order valence-electron chi connectivity index (χ2n) is 5.36. The number of hydrogen-bond acceptors (Lipinski definition) is 3. The van der Waals surface area contributed by atoms with Gasteiger partial charge in [0.25, 0.3) is 0 Å². The highest BCUT2D eigenvalue weighted by Crippen LogP contribution is 2.40. The Hall–Kier alpha value is -1.22. The zero-order valence-corrected chi connectivity index (χ0v) is 10.8. The number of rotatable bonds is 1. The summed E-state index contributed by atoms with van der Waals surface area (Å²) in [7, 11) is 0. The molecule has 1 aromatic rings. The van der Waals surface area contributed by atoms with E-state index in [4.69, 9.17) is 9.47 Å². The third kappa shape index (κ3) is 2.19. The highest BCUT2D eigenvalue weighted by atomic mass is 16.6.